The summed E-state index contributed by atoms with van der Waals surface area (Å²) in [4.78, 5) is 23.8. The number of amides is 1. The highest BCUT2D eigenvalue weighted by Crippen LogP contribution is 2.25. The molecule has 1 aliphatic carbocycles. The van der Waals surface area contributed by atoms with Crippen LogP contribution >= 0.6 is 0 Å². The third kappa shape index (κ3) is 3.46. The standard InChI is InChI=1S/C14H21N3O3/c1-20-8-7-17-9-10(5-6-13(17)18)16-14(19)11-3-2-4-12(11)15/h5-6,9,11-12H,2-4,7-8,15H2,1H3,(H,16,19). The highest BCUT2D eigenvalue weighted by Gasteiger charge is 2.30. The molecule has 1 heterocycles. The van der Waals surface area contributed by atoms with E-state index < -0.39 is 0 Å². The summed E-state index contributed by atoms with van der Waals surface area (Å²) in [6, 6.07) is 3.00. The topological polar surface area (TPSA) is 86.3 Å². The Kier molecular flexibility index (Phi) is 4.92. The molecule has 0 spiro atoms. The van der Waals surface area contributed by atoms with Gasteiger partial charge in [0, 0.05) is 32.0 Å². The summed E-state index contributed by atoms with van der Waals surface area (Å²) < 4.78 is 6.47. The number of pyridine rings is 1. The number of ether oxygens (including phenoxy) is 1. The minimum absolute atomic E-state index is 0.0607. The molecule has 2 atom stereocenters. The number of nitrogens with two attached hydrogens (primary N) is 1. The van der Waals surface area contributed by atoms with Gasteiger partial charge in [-0.25, -0.2) is 0 Å². The second kappa shape index (κ2) is 6.67. The molecule has 2 rings (SSSR count). The van der Waals surface area contributed by atoms with Crippen LogP contribution in [0.3, 0.4) is 0 Å². The predicted molar refractivity (Wildman–Crippen MR) is 76.5 cm³/mol. The largest absolute Gasteiger partial charge is 0.383 e. The lowest BCUT2D eigenvalue weighted by atomic mass is 10.0. The summed E-state index contributed by atoms with van der Waals surface area (Å²) in [5, 5.41) is 2.84. The Bertz CT molecular complexity index is 527. The molecule has 1 aromatic rings. The van der Waals surface area contributed by atoms with E-state index in [9.17, 15) is 9.59 Å². The van der Waals surface area contributed by atoms with Crippen molar-refractivity contribution in [3.05, 3.63) is 28.7 Å². The molecule has 3 N–H and O–H groups in total. The van der Waals surface area contributed by atoms with Crippen molar-refractivity contribution in [3.63, 3.8) is 0 Å². The SMILES string of the molecule is COCCn1cc(NC(=O)C2CCCC2N)ccc1=O. The first-order chi connectivity index (χ1) is 9.61. The van der Waals surface area contributed by atoms with Crippen molar-refractivity contribution >= 4 is 11.6 Å². The van der Waals surface area contributed by atoms with E-state index in [1.54, 1.807) is 19.4 Å². The Balaban J connectivity index is 2.05. The molecule has 1 fully saturated rings. The number of carbonyl (C=O) groups is 1. The van der Waals surface area contributed by atoms with Crippen molar-refractivity contribution in [2.75, 3.05) is 19.0 Å². The van der Waals surface area contributed by atoms with Gasteiger partial charge in [0.05, 0.1) is 18.2 Å². The Morgan fingerprint density at radius 1 is 1.50 bits per heavy atom. The van der Waals surface area contributed by atoms with E-state index in [1.807, 2.05) is 0 Å². The van der Waals surface area contributed by atoms with Crippen LogP contribution < -0.4 is 16.6 Å². The minimum atomic E-state index is -0.130. The number of nitrogens with one attached hydrogen (secondary N) is 1. The molecule has 0 saturated heterocycles. The summed E-state index contributed by atoms with van der Waals surface area (Å²) in [7, 11) is 1.58. The molecule has 0 radical (unpaired) electrons. The third-order valence-corrected chi connectivity index (χ3v) is 3.69. The van der Waals surface area contributed by atoms with Crippen LogP contribution in [0.5, 0.6) is 0 Å². The van der Waals surface area contributed by atoms with Gasteiger partial charge in [0.2, 0.25) is 5.91 Å². The Hall–Kier alpha value is -1.66. The maximum absolute atomic E-state index is 12.1. The average Bonchev–Trinajstić information content (AvgIpc) is 2.85. The van der Waals surface area contributed by atoms with Crippen LogP contribution in [0.15, 0.2) is 23.1 Å². The van der Waals surface area contributed by atoms with Crippen molar-refractivity contribution in [2.45, 2.75) is 31.8 Å². The fourth-order valence-corrected chi connectivity index (χ4v) is 2.52. The molecule has 1 saturated carbocycles. The van der Waals surface area contributed by atoms with Crippen LogP contribution in [0.4, 0.5) is 5.69 Å². The van der Waals surface area contributed by atoms with E-state index in [-0.39, 0.29) is 23.4 Å². The van der Waals surface area contributed by atoms with E-state index in [4.69, 9.17) is 10.5 Å². The summed E-state index contributed by atoms with van der Waals surface area (Å²) >= 11 is 0. The molecule has 6 heteroatoms. The van der Waals surface area contributed by atoms with Gasteiger partial charge < -0.3 is 20.4 Å². The van der Waals surface area contributed by atoms with Crippen LogP contribution in [0, 0.1) is 5.92 Å². The van der Waals surface area contributed by atoms with E-state index in [2.05, 4.69) is 5.32 Å². The molecular formula is C14H21N3O3. The average molecular weight is 279 g/mol. The number of hydrogen-bond donors (Lipinski definition) is 2. The lowest BCUT2D eigenvalue weighted by molar-refractivity contribution is -0.120. The molecule has 1 aromatic heterocycles. The molecular weight excluding hydrogens is 258 g/mol. The fourth-order valence-electron chi connectivity index (χ4n) is 2.52. The smallest absolute Gasteiger partial charge is 0.250 e. The Morgan fingerprint density at radius 2 is 2.30 bits per heavy atom. The maximum Gasteiger partial charge on any atom is 0.250 e. The van der Waals surface area contributed by atoms with Gasteiger partial charge in [0.25, 0.3) is 5.56 Å². The second-order valence-electron chi connectivity index (χ2n) is 5.13. The lowest BCUT2D eigenvalue weighted by Gasteiger charge is -2.15. The molecule has 1 aliphatic rings. The van der Waals surface area contributed by atoms with Crippen LogP contribution in [0.2, 0.25) is 0 Å². The van der Waals surface area contributed by atoms with Gasteiger partial charge in [0.15, 0.2) is 0 Å². The Labute approximate surface area is 117 Å². The summed E-state index contributed by atoms with van der Waals surface area (Å²) in [5.41, 5.74) is 6.42. The van der Waals surface area contributed by atoms with Gasteiger partial charge in [-0.1, -0.05) is 6.42 Å². The van der Waals surface area contributed by atoms with Crippen molar-refractivity contribution in [1.29, 1.82) is 0 Å². The molecule has 6 nitrogen and oxygen atoms in total. The van der Waals surface area contributed by atoms with Crippen molar-refractivity contribution in [1.82, 2.24) is 4.57 Å². The highest BCUT2D eigenvalue weighted by atomic mass is 16.5. The lowest BCUT2D eigenvalue weighted by Crippen LogP contribution is -2.34. The maximum atomic E-state index is 12.1. The monoisotopic (exact) mass is 279 g/mol. The van der Waals surface area contributed by atoms with Crippen LogP contribution in [-0.2, 0) is 16.1 Å². The number of anilines is 1. The Morgan fingerprint density at radius 3 is 2.95 bits per heavy atom. The first-order valence-corrected chi connectivity index (χ1v) is 6.87. The van der Waals surface area contributed by atoms with Crippen molar-refractivity contribution < 1.29 is 9.53 Å². The van der Waals surface area contributed by atoms with Gasteiger partial charge in [-0.15, -0.1) is 0 Å². The van der Waals surface area contributed by atoms with Gasteiger partial charge in [0.1, 0.15) is 0 Å². The van der Waals surface area contributed by atoms with Crippen LogP contribution in [0.1, 0.15) is 19.3 Å². The van der Waals surface area contributed by atoms with Gasteiger partial charge in [-0.2, -0.15) is 0 Å². The zero-order valence-electron chi connectivity index (χ0n) is 11.7. The summed E-state index contributed by atoms with van der Waals surface area (Å²) in [6.45, 7) is 0.910. The van der Waals surface area contributed by atoms with E-state index >= 15 is 0 Å². The molecule has 20 heavy (non-hydrogen) atoms. The van der Waals surface area contributed by atoms with E-state index in [1.165, 1.54) is 10.6 Å². The highest BCUT2D eigenvalue weighted by molar-refractivity contribution is 5.93. The molecule has 0 bridgehead atoms. The molecule has 2 unspecified atom stereocenters. The van der Waals surface area contributed by atoms with Gasteiger partial charge in [-0.3, -0.25) is 9.59 Å². The quantitative estimate of drug-likeness (QED) is 0.824. The van der Waals surface area contributed by atoms with Crippen LogP contribution in [-0.4, -0.2) is 30.2 Å². The minimum Gasteiger partial charge on any atom is -0.383 e. The van der Waals surface area contributed by atoms with Crippen molar-refractivity contribution in [2.24, 2.45) is 11.7 Å². The third-order valence-electron chi connectivity index (χ3n) is 3.69. The summed E-state index contributed by atoms with van der Waals surface area (Å²) in [5.74, 6) is -0.193. The number of nitrogens with zero attached hydrogens (tertiary/aromatic N) is 1. The zero-order valence-corrected chi connectivity index (χ0v) is 11.7. The molecule has 1 amide bonds. The number of aromatic nitrogens is 1. The first-order valence-electron chi connectivity index (χ1n) is 6.87. The predicted octanol–water partition coefficient (Wildman–Crippen LogP) is 0.561. The summed E-state index contributed by atoms with van der Waals surface area (Å²) in [6.07, 6.45) is 4.36. The number of carbonyl (C=O) groups excluding carboxylic acids is 1. The van der Waals surface area contributed by atoms with E-state index in [0.717, 1.165) is 19.3 Å². The molecule has 0 aliphatic heterocycles. The first kappa shape index (κ1) is 14.7. The second-order valence-corrected chi connectivity index (χ2v) is 5.13. The van der Waals surface area contributed by atoms with E-state index in [0.29, 0.717) is 18.8 Å². The van der Waals surface area contributed by atoms with Crippen molar-refractivity contribution in [3.8, 4) is 0 Å². The number of rotatable bonds is 5. The number of hydrogen-bond acceptors (Lipinski definition) is 4. The normalized spacial score (nSPS) is 21.9. The van der Waals surface area contributed by atoms with Gasteiger partial charge >= 0.3 is 0 Å². The zero-order chi connectivity index (χ0) is 14.5. The van der Waals surface area contributed by atoms with Gasteiger partial charge in [-0.05, 0) is 18.9 Å². The van der Waals surface area contributed by atoms with Crippen LogP contribution in [0.25, 0.3) is 0 Å². The molecule has 0 aromatic carbocycles. The fraction of sp³-hybridized carbons (Fsp3) is 0.571. The molecule has 110 valence electrons. The number of methoxy groups -OCH3 is 1.